The number of benzene rings is 2. The van der Waals surface area contributed by atoms with Gasteiger partial charge in [0.2, 0.25) is 5.91 Å². The molecule has 1 atom stereocenters. The summed E-state index contributed by atoms with van der Waals surface area (Å²) in [6.45, 7) is 3.37. The molecule has 1 amide bonds. The molecule has 0 aliphatic heterocycles. The highest BCUT2D eigenvalue weighted by atomic mass is 19.1. The van der Waals surface area contributed by atoms with Crippen molar-refractivity contribution in [3.05, 3.63) is 89.9 Å². The predicted molar refractivity (Wildman–Crippen MR) is 126 cm³/mol. The number of hydrogen-bond acceptors (Lipinski definition) is 4. The lowest BCUT2D eigenvalue weighted by Crippen LogP contribution is -2.44. The highest BCUT2D eigenvalue weighted by Crippen LogP contribution is 2.30. The number of hydrogen-bond donors (Lipinski definition) is 1. The number of amides is 1. The van der Waals surface area contributed by atoms with E-state index in [0.29, 0.717) is 24.7 Å². The van der Waals surface area contributed by atoms with Crippen LogP contribution in [0.2, 0.25) is 0 Å². The number of rotatable bonds is 9. The molecule has 2 aromatic carbocycles. The fourth-order valence-electron chi connectivity index (χ4n) is 3.93. The number of nitrogens with two attached hydrogens (primary N) is 1. The summed E-state index contributed by atoms with van der Waals surface area (Å²) in [6.07, 6.45) is 4.67. The van der Waals surface area contributed by atoms with Gasteiger partial charge in [0, 0.05) is 24.5 Å². The lowest BCUT2D eigenvalue weighted by Gasteiger charge is -2.27. The van der Waals surface area contributed by atoms with Crippen molar-refractivity contribution in [2.75, 3.05) is 16.3 Å². The van der Waals surface area contributed by atoms with Gasteiger partial charge in [-0.15, -0.1) is 0 Å². The van der Waals surface area contributed by atoms with Crippen LogP contribution in [0.5, 0.6) is 0 Å². The highest BCUT2D eigenvalue weighted by molar-refractivity contribution is 5.97. The number of pyridine rings is 1. The van der Waals surface area contributed by atoms with Crippen molar-refractivity contribution in [3.8, 4) is 0 Å². The van der Waals surface area contributed by atoms with Crippen molar-refractivity contribution in [2.45, 2.75) is 44.8 Å². The van der Waals surface area contributed by atoms with Gasteiger partial charge in [-0.1, -0.05) is 36.4 Å². The number of carbonyl (C=O) groups is 1. The Labute approximate surface area is 188 Å². The Kier molecular flexibility index (Phi) is 6.81. The van der Waals surface area contributed by atoms with Gasteiger partial charge in [0.25, 0.3) is 0 Å². The van der Waals surface area contributed by atoms with Gasteiger partial charge in [-0.25, -0.2) is 9.37 Å². The molecular formula is C26H29FN4O. The number of halogens is 1. The summed E-state index contributed by atoms with van der Waals surface area (Å²) < 4.78 is 13.5. The maximum Gasteiger partial charge on any atom is 0.244 e. The molecule has 1 aliphatic rings. The number of anilines is 2. The second-order valence-corrected chi connectivity index (χ2v) is 8.24. The van der Waals surface area contributed by atoms with E-state index in [9.17, 15) is 9.18 Å². The smallest absolute Gasteiger partial charge is 0.244 e. The second kappa shape index (κ2) is 9.92. The summed E-state index contributed by atoms with van der Waals surface area (Å²) in [4.78, 5) is 21.9. The number of nitrogens with zero attached hydrogens (tertiary/aromatic N) is 3. The van der Waals surface area contributed by atoms with E-state index in [-0.39, 0.29) is 11.7 Å². The molecule has 2 N–H and O–H groups in total. The van der Waals surface area contributed by atoms with Crippen molar-refractivity contribution in [2.24, 2.45) is 5.73 Å². The lowest BCUT2D eigenvalue weighted by atomic mass is 10.0. The largest absolute Gasteiger partial charge is 0.354 e. The van der Waals surface area contributed by atoms with Gasteiger partial charge in [-0.3, -0.25) is 4.79 Å². The molecule has 0 spiro atoms. The Hall–Kier alpha value is -3.25. The zero-order valence-electron chi connectivity index (χ0n) is 18.3. The molecule has 1 heterocycles. The second-order valence-electron chi connectivity index (χ2n) is 8.24. The molecule has 0 unspecified atom stereocenters. The predicted octanol–water partition coefficient (Wildman–Crippen LogP) is 4.31. The molecule has 166 valence electrons. The molecule has 0 radical (unpaired) electrons. The third-order valence-electron chi connectivity index (χ3n) is 5.79. The minimum Gasteiger partial charge on any atom is -0.354 e. The first-order chi connectivity index (χ1) is 15.5. The summed E-state index contributed by atoms with van der Waals surface area (Å²) in [6, 6.07) is 19.5. The SMILES string of the molecule is CCN(c1ccc(CN(C(=O)[C@@H](N)Cc2ccccc2)c2ccc(F)cc2)cn1)C1CC1. The molecule has 5 nitrogen and oxygen atoms in total. The monoisotopic (exact) mass is 432 g/mol. The van der Waals surface area contributed by atoms with E-state index in [0.717, 1.165) is 23.5 Å². The van der Waals surface area contributed by atoms with Crippen LogP contribution < -0.4 is 15.5 Å². The Balaban J connectivity index is 1.54. The van der Waals surface area contributed by atoms with E-state index >= 15 is 0 Å². The molecule has 0 bridgehead atoms. The number of aromatic nitrogens is 1. The zero-order chi connectivity index (χ0) is 22.5. The summed E-state index contributed by atoms with van der Waals surface area (Å²) in [7, 11) is 0. The Morgan fingerprint density at radius 2 is 1.78 bits per heavy atom. The van der Waals surface area contributed by atoms with E-state index in [1.54, 1.807) is 17.0 Å². The first-order valence-corrected chi connectivity index (χ1v) is 11.1. The van der Waals surface area contributed by atoms with Gasteiger partial charge in [0.15, 0.2) is 0 Å². The maximum atomic E-state index is 13.5. The highest BCUT2D eigenvalue weighted by Gasteiger charge is 2.29. The molecule has 1 aliphatic carbocycles. The first-order valence-electron chi connectivity index (χ1n) is 11.1. The topological polar surface area (TPSA) is 62.5 Å². The lowest BCUT2D eigenvalue weighted by molar-refractivity contribution is -0.120. The minimum absolute atomic E-state index is 0.210. The maximum absolute atomic E-state index is 13.5. The quantitative estimate of drug-likeness (QED) is 0.547. The minimum atomic E-state index is -0.708. The van der Waals surface area contributed by atoms with E-state index < -0.39 is 6.04 Å². The number of carbonyl (C=O) groups excluding carboxylic acids is 1. The summed E-state index contributed by atoms with van der Waals surface area (Å²) in [5.74, 6) is 0.400. The normalized spacial score (nSPS) is 14.1. The van der Waals surface area contributed by atoms with Gasteiger partial charge in [0.1, 0.15) is 11.6 Å². The van der Waals surface area contributed by atoms with Crippen LogP contribution in [0, 0.1) is 5.82 Å². The molecule has 32 heavy (non-hydrogen) atoms. The molecule has 1 fully saturated rings. The van der Waals surface area contributed by atoms with Crippen molar-refractivity contribution < 1.29 is 9.18 Å². The zero-order valence-corrected chi connectivity index (χ0v) is 18.3. The van der Waals surface area contributed by atoms with Crippen LogP contribution in [0.3, 0.4) is 0 Å². The van der Waals surface area contributed by atoms with Crippen LogP contribution in [0.1, 0.15) is 30.9 Å². The molecule has 1 aromatic heterocycles. The Morgan fingerprint density at radius 3 is 2.38 bits per heavy atom. The van der Waals surface area contributed by atoms with Crippen molar-refractivity contribution in [1.29, 1.82) is 0 Å². The molecule has 3 aromatic rings. The average Bonchev–Trinajstić information content (AvgIpc) is 3.65. The fourth-order valence-corrected chi connectivity index (χ4v) is 3.93. The first kappa shape index (κ1) is 22.0. The molecule has 4 rings (SSSR count). The van der Waals surface area contributed by atoms with E-state index in [1.807, 2.05) is 48.7 Å². The van der Waals surface area contributed by atoms with Gasteiger partial charge >= 0.3 is 0 Å². The van der Waals surface area contributed by atoms with Crippen LogP contribution in [-0.2, 0) is 17.8 Å². The Morgan fingerprint density at radius 1 is 1.06 bits per heavy atom. The van der Waals surface area contributed by atoms with E-state index in [1.165, 1.54) is 25.0 Å². The van der Waals surface area contributed by atoms with Gasteiger partial charge in [0.05, 0.1) is 12.6 Å². The van der Waals surface area contributed by atoms with Crippen LogP contribution in [0.4, 0.5) is 15.9 Å². The fraction of sp³-hybridized carbons (Fsp3) is 0.308. The third-order valence-corrected chi connectivity index (χ3v) is 5.79. The van der Waals surface area contributed by atoms with Crippen LogP contribution in [0.25, 0.3) is 0 Å². The Bertz CT molecular complexity index is 1020. The van der Waals surface area contributed by atoms with Crippen LogP contribution in [-0.4, -0.2) is 29.5 Å². The summed E-state index contributed by atoms with van der Waals surface area (Å²) in [5.41, 5.74) is 8.81. The van der Waals surface area contributed by atoms with Gasteiger partial charge in [-0.05, 0) is 67.6 Å². The third kappa shape index (κ3) is 5.32. The average molecular weight is 433 g/mol. The molecule has 6 heteroatoms. The molecule has 0 saturated heterocycles. The van der Waals surface area contributed by atoms with E-state index in [2.05, 4.69) is 16.8 Å². The van der Waals surface area contributed by atoms with E-state index in [4.69, 9.17) is 5.73 Å². The van der Waals surface area contributed by atoms with Crippen LogP contribution >= 0.6 is 0 Å². The molecular weight excluding hydrogens is 403 g/mol. The van der Waals surface area contributed by atoms with Crippen LogP contribution in [0.15, 0.2) is 72.9 Å². The molecule has 1 saturated carbocycles. The van der Waals surface area contributed by atoms with Crippen molar-refractivity contribution >= 4 is 17.4 Å². The van der Waals surface area contributed by atoms with Gasteiger partial charge in [-0.2, -0.15) is 0 Å². The summed E-state index contributed by atoms with van der Waals surface area (Å²) >= 11 is 0. The van der Waals surface area contributed by atoms with Crippen molar-refractivity contribution in [1.82, 2.24) is 4.98 Å². The standard InChI is InChI=1S/C26H29FN4O/c1-2-30(22-13-14-22)25-15-8-20(17-29-25)18-31(23-11-9-21(27)10-12-23)26(32)24(28)16-19-6-4-3-5-7-19/h3-12,15,17,22,24H,2,13-14,16,18,28H2,1H3/t24-/m0/s1. The van der Waals surface area contributed by atoms with Crippen molar-refractivity contribution in [3.63, 3.8) is 0 Å². The van der Waals surface area contributed by atoms with Gasteiger partial charge < -0.3 is 15.5 Å². The summed E-state index contributed by atoms with van der Waals surface area (Å²) in [5, 5.41) is 0.